The Morgan fingerprint density at radius 3 is 0.740 bits per heavy atom. The highest BCUT2D eigenvalue weighted by molar-refractivity contribution is 7.47. The van der Waals surface area contributed by atoms with Crippen LogP contribution in [0.2, 0.25) is 0 Å². The third kappa shape index (κ3) is 67.9. The monoisotopic (exact) mass is 1410 g/mol. The second-order valence-electron chi connectivity index (χ2n) is 29.2. The maximum atomic E-state index is 13.1. The summed E-state index contributed by atoms with van der Waals surface area (Å²) in [5, 5.41) is 10.6. The normalized spacial score (nSPS) is 14.7. The van der Waals surface area contributed by atoms with Crippen LogP contribution in [0.25, 0.3) is 0 Å². The number of carbonyl (C=O) groups is 4. The Kier molecular flexibility index (Phi) is 65.0. The van der Waals surface area contributed by atoms with Gasteiger partial charge in [-0.05, 0) is 49.4 Å². The quantitative estimate of drug-likeness (QED) is 0.0222. The van der Waals surface area contributed by atoms with Gasteiger partial charge >= 0.3 is 39.5 Å². The molecule has 0 saturated heterocycles. The highest BCUT2D eigenvalue weighted by atomic mass is 31.2. The van der Waals surface area contributed by atoms with E-state index in [-0.39, 0.29) is 25.7 Å². The van der Waals surface area contributed by atoms with Gasteiger partial charge in [-0.2, -0.15) is 0 Å². The van der Waals surface area contributed by atoms with E-state index in [2.05, 4.69) is 55.4 Å². The lowest BCUT2D eigenvalue weighted by atomic mass is 9.99. The van der Waals surface area contributed by atoms with E-state index in [4.69, 9.17) is 37.0 Å². The molecule has 0 aliphatic heterocycles. The molecule has 0 heterocycles. The minimum absolute atomic E-state index is 0.105. The Bertz CT molecular complexity index is 1890. The Morgan fingerprint density at radius 2 is 0.500 bits per heavy atom. The van der Waals surface area contributed by atoms with E-state index >= 15 is 0 Å². The summed E-state index contributed by atoms with van der Waals surface area (Å²) in [6.45, 7) is 14.2. The maximum Gasteiger partial charge on any atom is 0.472 e. The first-order chi connectivity index (χ1) is 46.2. The Morgan fingerprint density at radius 1 is 0.292 bits per heavy atom. The number of phosphoric ester groups is 2. The first-order valence-electron chi connectivity index (χ1n) is 39.8. The number of ether oxygens (including phenoxy) is 4. The summed E-state index contributed by atoms with van der Waals surface area (Å²) < 4.78 is 68.6. The number of carbonyl (C=O) groups excluding carboxylic acids is 4. The van der Waals surface area contributed by atoms with E-state index in [0.29, 0.717) is 31.6 Å². The molecule has 0 aliphatic rings. The van der Waals surface area contributed by atoms with Crippen molar-refractivity contribution in [2.75, 3.05) is 39.6 Å². The number of unbranched alkanes of at least 4 members (excludes halogenated alkanes) is 38. The van der Waals surface area contributed by atoms with Crippen molar-refractivity contribution in [3.63, 3.8) is 0 Å². The van der Waals surface area contributed by atoms with Crippen molar-refractivity contribution in [3.05, 3.63) is 0 Å². The van der Waals surface area contributed by atoms with Crippen molar-refractivity contribution in [1.29, 1.82) is 0 Å². The summed E-state index contributed by atoms with van der Waals surface area (Å²) in [4.78, 5) is 72.9. The van der Waals surface area contributed by atoms with E-state index in [0.717, 1.165) is 114 Å². The molecule has 0 aromatic carbocycles. The van der Waals surface area contributed by atoms with Crippen LogP contribution in [0.5, 0.6) is 0 Å². The summed E-state index contributed by atoms with van der Waals surface area (Å²) in [6, 6.07) is 0. The van der Waals surface area contributed by atoms with Crippen LogP contribution in [-0.4, -0.2) is 96.7 Å². The molecule has 0 fully saturated rings. The zero-order valence-electron chi connectivity index (χ0n) is 63.0. The second-order valence-corrected chi connectivity index (χ2v) is 32.1. The summed E-state index contributed by atoms with van der Waals surface area (Å²) in [6.07, 6.45) is 51.2. The van der Waals surface area contributed by atoms with Gasteiger partial charge in [0.05, 0.1) is 26.4 Å². The highest BCUT2D eigenvalue weighted by Crippen LogP contribution is 2.45. The molecule has 17 nitrogen and oxygen atoms in total. The van der Waals surface area contributed by atoms with Crippen LogP contribution in [-0.2, 0) is 65.4 Å². The molecule has 0 spiro atoms. The average molecular weight is 1410 g/mol. The third-order valence-corrected chi connectivity index (χ3v) is 20.4. The fraction of sp³-hybridized carbons (Fsp3) is 0.948. The molecular formula is C77H150O17P2. The van der Waals surface area contributed by atoms with Gasteiger partial charge < -0.3 is 33.8 Å². The number of rotatable bonds is 74. The van der Waals surface area contributed by atoms with Crippen LogP contribution in [0.1, 0.15) is 389 Å². The molecule has 0 amide bonds. The lowest BCUT2D eigenvalue weighted by molar-refractivity contribution is -0.161. The topological polar surface area (TPSA) is 237 Å². The van der Waals surface area contributed by atoms with E-state index < -0.39 is 97.5 Å². The summed E-state index contributed by atoms with van der Waals surface area (Å²) >= 11 is 0. The van der Waals surface area contributed by atoms with Gasteiger partial charge in [0.25, 0.3) is 0 Å². The lowest BCUT2D eigenvalue weighted by Gasteiger charge is -2.21. The maximum absolute atomic E-state index is 13.1. The van der Waals surface area contributed by atoms with E-state index in [1.54, 1.807) is 0 Å². The molecule has 7 atom stereocenters. The van der Waals surface area contributed by atoms with Crippen LogP contribution in [0.15, 0.2) is 0 Å². The number of esters is 4. The van der Waals surface area contributed by atoms with E-state index in [1.807, 2.05) is 0 Å². The molecule has 0 rings (SSSR count). The van der Waals surface area contributed by atoms with Crippen LogP contribution in [0.4, 0.5) is 0 Å². The second kappa shape index (κ2) is 66.3. The number of hydrogen-bond donors (Lipinski definition) is 3. The number of aliphatic hydroxyl groups is 1. The Labute approximate surface area is 588 Å². The van der Waals surface area contributed by atoms with Gasteiger partial charge in [-0.3, -0.25) is 37.3 Å². The van der Waals surface area contributed by atoms with Gasteiger partial charge in [0, 0.05) is 25.7 Å². The van der Waals surface area contributed by atoms with Crippen molar-refractivity contribution >= 4 is 39.5 Å². The minimum Gasteiger partial charge on any atom is -0.462 e. The SMILES string of the molecule is CCC(C)CCCCCCCCCCCCCCCCC(=O)O[C@H](COC(=O)CCCCCCCCCCCCC(C)CC)COP(=O)(O)OCC(O)COP(=O)(O)OC[C@@H](COC(=O)CCCCCCCCCC(C)C)OC(=O)CCCCCCCCCCCCCC(C)C. The molecule has 5 unspecified atom stereocenters. The highest BCUT2D eigenvalue weighted by Gasteiger charge is 2.30. The van der Waals surface area contributed by atoms with Gasteiger partial charge in [0.15, 0.2) is 12.2 Å². The first-order valence-corrected chi connectivity index (χ1v) is 42.8. The number of hydrogen-bond acceptors (Lipinski definition) is 15. The van der Waals surface area contributed by atoms with Gasteiger partial charge in [-0.25, -0.2) is 9.13 Å². The summed E-state index contributed by atoms with van der Waals surface area (Å²) in [5.41, 5.74) is 0. The van der Waals surface area contributed by atoms with Crippen LogP contribution < -0.4 is 0 Å². The van der Waals surface area contributed by atoms with Gasteiger partial charge in [0.1, 0.15) is 19.3 Å². The lowest BCUT2D eigenvalue weighted by Crippen LogP contribution is -2.30. The van der Waals surface area contributed by atoms with Crippen molar-refractivity contribution in [2.45, 2.75) is 408 Å². The van der Waals surface area contributed by atoms with Gasteiger partial charge in [-0.1, -0.05) is 338 Å². The molecule has 0 aliphatic carbocycles. The van der Waals surface area contributed by atoms with Crippen LogP contribution >= 0.6 is 15.6 Å². The average Bonchev–Trinajstić information content (AvgIpc) is 1.11. The predicted octanol–water partition coefficient (Wildman–Crippen LogP) is 22.4. The molecule has 0 aromatic heterocycles. The van der Waals surface area contributed by atoms with E-state index in [1.165, 1.54) is 186 Å². The van der Waals surface area contributed by atoms with Gasteiger partial charge in [0.2, 0.25) is 0 Å². The smallest absolute Gasteiger partial charge is 0.462 e. The zero-order valence-corrected chi connectivity index (χ0v) is 64.8. The molecule has 19 heteroatoms. The molecule has 3 N–H and O–H groups in total. The molecule has 96 heavy (non-hydrogen) atoms. The summed E-state index contributed by atoms with van der Waals surface area (Å²) in [7, 11) is -9.92. The number of phosphoric acid groups is 2. The molecule has 0 aromatic rings. The fourth-order valence-electron chi connectivity index (χ4n) is 11.7. The minimum atomic E-state index is -4.96. The zero-order chi connectivity index (χ0) is 71.0. The number of aliphatic hydroxyl groups excluding tert-OH is 1. The van der Waals surface area contributed by atoms with Crippen LogP contribution in [0, 0.1) is 23.7 Å². The van der Waals surface area contributed by atoms with Crippen molar-refractivity contribution in [3.8, 4) is 0 Å². The van der Waals surface area contributed by atoms with Crippen molar-refractivity contribution in [1.82, 2.24) is 0 Å². The van der Waals surface area contributed by atoms with Crippen LogP contribution in [0.3, 0.4) is 0 Å². The molecule has 0 radical (unpaired) electrons. The van der Waals surface area contributed by atoms with Crippen molar-refractivity contribution in [2.24, 2.45) is 23.7 Å². The summed E-state index contributed by atoms with van der Waals surface area (Å²) in [5.74, 6) is 1.01. The third-order valence-electron chi connectivity index (χ3n) is 18.5. The fourth-order valence-corrected chi connectivity index (χ4v) is 13.2. The van der Waals surface area contributed by atoms with Gasteiger partial charge in [-0.15, -0.1) is 0 Å². The van der Waals surface area contributed by atoms with E-state index in [9.17, 15) is 43.2 Å². The predicted molar refractivity (Wildman–Crippen MR) is 391 cm³/mol. The standard InChI is InChI=1S/C77H150O17P2/c1-9-69(7)55-47-39-31-23-17-13-11-12-14-18-26-34-43-51-59-76(81)93-72(63-87-74(79)57-49-41-33-25-21-20-24-32-40-48-56-70(8)10-2)65-91-95(83,84)89-61-71(78)62-90-96(85,86)92-66-73(64-88-75(80)58-50-42-36-28-30-38-46-54-68(5)6)94-77(82)60-52-44-35-27-19-15-16-22-29-37-45-53-67(3)4/h67-73,78H,9-66H2,1-8H3,(H,83,84)(H,85,86)/t69?,70?,71?,72-,73-/m1/s1. The Hall–Kier alpha value is -1.94. The molecule has 0 saturated carbocycles. The molecular weight excluding hydrogens is 1260 g/mol. The first kappa shape index (κ1) is 94.1. The Balaban J connectivity index is 5.26. The van der Waals surface area contributed by atoms with Crippen molar-refractivity contribution < 1.29 is 80.2 Å². The molecule has 0 bridgehead atoms. The largest absolute Gasteiger partial charge is 0.472 e. The molecule has 570 valence electrons.